The lowest BCUT2D eigenvalue weighted by molar-refractivity contribution is -0.385. The van der Waals surface area contributed by atoms with Crippen LogP contribution in [0.25, 0.3) is 0 Å². The number of nitrogens with zero attached hydrogens (tertiary/aromatic N) is 5. The molecule has 0 aromatic heterocycles. The smallest absolute Gasteiger partial charge is 0.415 e. The number of nitro benzene ring substituents is 2. The molecule has 53 heavy (non-hydrogen) atoms. The molecule has 3 atom stereocenters. The van der Waals surface area contributed by atoms with Gasteiger partial charge in [0, 0.05) is 61.4 Å². The van der Waals surface area contributed by atoms with Crippen molar-refractivity contribution in [1.29, 1.82) is 5.41 Å². The van der Waals surface area contributed by atoms with Crippen LogP contribution in [0.5, 0.6) is 5.75 Å². The zero-order valence-electron chi connectivity index (χ0n) is 29.3. The number of carbonyl (C=O) groups excluding carboxylic acids is 3. The highest BCUT2D eigenvalue weighted by atomic mass is 32.2. The van der Waals surface area contributed by atoms with Crippen LogP contribution in [0.2, 0.25) is 0 Å². The maximum absolute atomic E-state index is 14.1. The Morgan fingerprint density at radius 2 is 1.43 bits per heavy atom. The van der Waals surface area contributed by atoms with Gasteiger partial charge in [0.2, 0.25) is 5.91 Å². The molecule has 2 aliphatic rings. The molecule has 2 saturated heterocycles. The number of likely N-dealkylation sites (tertiary alicyclic amines) is 2. The Balaban J connectivity index is 1.20. The van der Waals surface area contributed by atoms with Crippen molar-refractivity contribution in [3.63, 3.8) is 0 Å². The van der Waals surface area contributed by atoms with E-state index in [4.69, 9.17) is 19.6 Å². The monoisotopic (exact) mass is 748 g/mol. The van der Waals surface area contributed by atoms with Crippen molar-refractivity contribution in [3.8, 4) is 5.75 Å². The van der Waals surface area contributed by atoms with Crippen molar-refractivity contribution >= 4 is 47.1 Å². The number of hydrogen-bond acceptors (Lipinski definition) is 12. The summed E-state index contributed by atoms with van der Waals surface area (Å²) in [6.07, 6.45) is -0.423. The number of thioether (sulfide) groups is 1. The van der Waals surface area contributed by atoms with Crippen molar-refractivity contribution < 1.29 is 38.4 Å². The normalized spacial score (nSPS) is 18.0. The molecule has 0 spiro atoms. The molecule has 0 radical (unpaired) electrons. The second-order valence-electron chi connectivity index (χ2n) is 12.8. The van der Waals surface area contributed by atoms with Crippen molar-refractivity contribution in [1.82, 2.24) is 14.7 Å². The number of amidine groups is 1. The molecular formula is C36H40N6O10S. The van der Waals surface area contributed by atoms with Crippen molar-refractivity contribution in [3.05, 3.63) is 110 Å². The first-order valence-electron chi connectivity index (χ1n) is 16.8. The molecule has 0 aliphatic carbocycles. The fourth-order valence-electron chi connectivity index (χ4n) is 6.17. The van der Waals surface area contributed by atoms with E-state index in [2.05, 4.69) is 0 Å². The molecule has 0 saturated carbocycles. The largest absolute Gasteiger partial charge is 0.497 e. The summed E-state index contributed by atoms with van der Waals surface area (Å²) >= 11 is 1.64. The number of ether oxygens (including phenoxy) is 3. The van der Waals surface area contributed by atoms with E-state index in [0.717, 1.165) is 11.3 Å². The van der Waals surface area contributed by atoms with Crippen LogP contribution in [0.4, 0.5) is 21.0 Å². The van der Waals surface area contributed by atoms with Crippen LogP contribution in [0.1, 0.15) is 36.5 Å². The molecular weight excluding hydrogens is 708 g/mol. The first-order chi connectivity index (χ1) is 25.4. The number of nitrogens with one attached hydrogen (secondary N) is 1. The Morgan fingerprint density at radius 3 is 1.98 bits per heavy atom. The lowest BCUT2D eigenvalue weighted by Crippen LogP contribution is -2.47. The van der Waals surface area contributed by atoms with Crippen LogP contribution in [-0.4, -0.2) is 93.1 Å². The van der Waals surface area contributed by atoms with Crippen LogP contribution in [-0.2, 0) is 33.2 Å². The summed E-state index contributed by atoms with van der Waals surface area (Å²) in [6, 6.07) is 18.2. The Morgan fingerprint density at radius 1 is 0.868 bits per heavy atom. The van der Waals surface area contributed by atoms with E-state index in [1.54, 1.807) is 23.8 Å². The molecule has 1 N–H and O–H groups in total. The topological polar surface area (TPSA) is 199 Å². The third-order valence-corrected chi connectivity index (χ3v) is 10.4. The lowest BCUT2D eigenvalue weighted by Gasteiger charge is -2.28. The van der Waals surface area contributed by atoms with Gasteiger partial charge in [-0.25, -0.2) is 9.59 Å². The summed E-state index contributed by atoms with van der Waals surface area (Å²) in [5.74, 6) is 0.986. The molecule has 17 heteroatoms. The maximum atomic E-state index is 14.1. The van der Waals surface area contributed by atoms with Gasteiger partial charge in [0.25, 0.3) is 11.4 Å². The number of benzene rings is 3. The minimum Gasteiger partial charge on any atom is -0.497 e. The highest BCUT2D eigenvalue weighted by Crippen LogP contribution is 2.33. The molecule has 2 aliphatic heterocycles. The molecule has 2 fully saturated rings. The minimum absolute atomic E-state index is 0.0297. The van der Waals surface area contributed by atoms with E-state index >= 15 is 0 Å². The van der Waals surface area contributed by atoms with E-state index in [0.29, 0.717) is 42.8 Å². The van der Waals surface area contributed by atoms with Crippen LogP contribution >= 0.6 is 11.8 Å². The summed E-state index contributed by atoms with van der Waals surface area (Å²) in [5, 5.41) is 30.1. The second-order valence-corrected chi connectivity index (χ2v) is 14.1. The molecule has 3 aromatic carbocycles. The number of carbonyl (C=O) groups is 3. The fourth-order valence-corrected chi connectivity index (χ4v) is 7.37. The highest BCUT2D eigenvalue weighted by molar-refractivity contribution is 7.99. The van der Waals surface area contributed by atoms with E-state index in [1.807, 2.05) is 24.3 Å². The van der Waals surface area contributed by atoms with Gasteiger partial charge in [0.05, 0.1) is 17.0 Å². The third-order valence-electron chi connectivity index (χ3n) is 9.11. The van der Waals surface area contributed by atoms with Crippen molar-refractivity contribution in [2.24, 2.45) is 5.92 Å². The molecule has 16 nitrogen and oxygen atoms in total. The van der Waals surface area contributed by atoms with E-state index in [9.17, 15) is 34.6 Å². The molecule has 3 amide bonds. The zero-order valence-corrected chi connectivity index (χ0v) is 30.1. The standard InChI is InChI=1S/C36H40N6O10S/c1-24(37)39(35(44)51-21-25-3-9-29(10-4-25)41(46)47)19-28-15-16-38(18-28)34(43)33-17-32(53-23-27-7-13-31(50-2)14-8-27)20-40(33)36(45)52-22-26-5-11-30(12-6-26)42(48)49/h3-14,28,32-33,37H,15-23H2,1-2H3/t28-,32-,33-/m0/s1. The third kappa shape index (κ3) is 10.2. The van der Waals surface area contributed by atoms with Gasteiger partial charge in [0.15, 0.2) is 0 Å². The van der Waals surface area contributed by atoms with Gasteiger partial charge in [-0.3, -0.25) is 40.2 Å². The summed E-state index contributed by atoms with van der Waals surface area (Å²) < 4.78 is 16.3. The minimum atomic E-state index is -0.779. The van der Waals surface area contributed by atoms with Gasteiger partial charge in [0.1, 0.15) is 30.8 Å². The summed E-state index contributed by atoms with van der Waals surface area (Å²) in [6.45, 7) is 2.35. The Labute approximate surface area is 309 Å². The number of hydrogen-bond donors (Lipinski definition) is 1. The summed E-state index contributed by atoms with van der Waals surface area (Å²) in [7, 11) is 1.60. The predicted molar refractivity (Wildman–Crippen MR) is 195 cm³/mol. The molecule has 3 aromatic rings. The van der Waals surface area contributed by atoms with E-state index in [-0.39, 0.29) is 60.6 Å². The van der Waals surface area contributed by atoms with E-state index < -0.39 is 28.1 Å². The van der Waals surface area contributed by atoms with Gasteiger partial charge in [-0.05, 0) is 78.8 Å². The first kappa shape index (κ1) is 38.5. The highest BCUT2D eigenvalue weighted by Gasteiger charge is 2.44. The molecule has 280 valence electrons. The lowest BCUT2D eigenvalue weighted by atomic mass is 10.1. The molecule has 0 unspecified atom stereocenters. The maximum Gasteiger partial charge on any atom is 0.415 e. The molecule has 0 bridgehead atoms. The fraction of sp³-hybridized carbons (Fsp3) is 0.389. The number of non-ortho nitro benzene ring substituents is 2. The Kier molecular flexibility index (Phi) is 12.8. The number of amides is 3. The van der Waals surface area contributed by atoms with Crippen LogP contribution in [0, 0.1) is 31.6 Å². The second kappa shape index (κ2) is 17.7. The van der Waals surface area contributed by atoms with Crippen LogP contribution in [0.3, 0.4) is 0 Å². The molecule has 2 heterocycles. The van der Waals surface area contributed by atoms with Gasteiger partial charge >= 0.3 is 12.2 Å². The number of nitro groups is 2. The average molecular weight is 749 g/mol. The van der Waals surface area contributed by atoms with Crippen LogP contribution in [0.15, 0.2) is 72.8 Å². The number of rotatable bonds is 13. The Hall–Kier alpha value is -5.71. The summed E-state index contributed by atoms with van der Waals surface area (Å²) in [5.41, 5.74) is 2.02. The van der Waals surface area contributed by atoms with Crippen LogP contribution < -0.4 is 4.74 Å². The Bertz CT molecular complexity index is 1810. The van der Waals surface area contributed by atoms with Crippen molar-refractivity contribution in [2.45, 2.75) is 50.0 Å². The quantitative estimate of drug-likeness (QED) is 0.0930. The van der Waals surface area contributed by atoms with Gasteiger partial charge in [-0.2, -0.15) is 11.8 Å². The number of methoxy groups -OCH3 is 1. The predicted octanol–water partition coefficient (Wildman–Crippen LogP) is 6.01. The van der Waals surface area contributed by atoms with Crippen molar-refractivity contribution in [2.75, 3.05) is 33.3 Å². The SMILES string of the molecule is COc1ccc(CS[C@H]2C[C@@H](C(=O)N3CC[C@H](CN(C(C)=N)C(=O)OCc4ccc([N+](=O)[O-])cc4)C3)N(C(=O)OCc3ccc([N+](=O)[O-])cc3)C2)cc1. The van der Waals surface area contributed by atoms with Gasteiger partial charge in [-0.1, -0.05) is 12.1 Å². The summed E-state index contributed by atoms with van der Waals surface area (Å²) in [4.78, 5) is 65.8. The first-order valence-corrected chi connectivity index (χ1v) is 17.9. The average Bonchev–Trinajstić information content (AvgIpc) is 3.82. The van der Waals surface area contributed by atoms with E-state index in [1.165, 1.54) is 65.3 Å². The zero-order chi connectivity index (χ0) is 38.1. The van der Waals surface area contributed by atoms with Gasteiger partial charge in [-0.15, -0.1) is 0 Å². The van der Waals surface area contributed by atoms with Gasteiger partial charge < -0.3 is 19.1 Å². The molecule has 5 rings (SSSR count).